The molecule has 0 saturated heterocycles. The number of nitriles is 1. The zero-order valence-electron chi connectivity index (χ0n) is 10.8. The molecular formula is C15H16ClN3. The fourth-order valence-electron chi connectivity index (χ4n) is 5.19. The first-order chi connectivity index (χ1) is 9.18. The maximum atomic E-state index is 9.02. The van der Waals surface area contributed by atoms with Gasteiger partial charge < -0.3 is 0 Å². The van der Waals surface area contributed by atoms with E-state index < -0.39 is 0 Å². The van der Waals surface area contributed by atoms with Crippen LogP contribution in [0.2, 0.25) is 5.02 Å². The maximum Gasteiger partial charge on any atom is 0.232 e. The van der Waals surface area contributed by atoms with Gasteiger partial charge in [0.05, 0.1) is 16.9 Å². The molecule has 19 heavy (non-hydrogen) atoms. The number of aromatic nitrogens is 2. The monoisotopic (exact) mass is 273 g/mol. The Morgan fingerprint density at radius 1 is 1.16 bits per heavy atom. The first-order valence-electron chi connectivity index (χ1n) is 7.12. The van der Waals surface area contributed by atoms with Crippen LogP contribution >= 0.6 is 11.6 Å². The van der Waals surface area contributed by atoms with E-state index in [1.807, 2.05) is 6.07 Å². The van der Waals surface area contributed by atoms with Crippen molar-refractivity contribution in [2.45, 2.75) is 43.9 Å². The normalized spacial score (nSPS) is 39.3. The molecule has 0 atom stereocenters. The Morgan fingerprint density at radius 2 is 1.74 bits per heavy atom. The summed E-state index contributed by atoms with van der Waals surface area (Å²) < 4.78 is 0. The lowest BCUT2D eigenvalue weighted by atomic mass is 9.49. The van der Waals surface area contributed by atoms with Crippen LogP contribution in [0, 0.1) is 29.1 Å². The van der Waals surface area contributed by atoms with Gasteiger partial charge >= 0.3 is 0 Å². The van der Waals surface area contributed by atoms with Crippen LogP contribution in [0.25, 0.3) is 0 Å². The topological polar surface area (TPSA) is 49.6 Å². The number of hydrogen-bond acceptors (Lipinski definition) is 3. The highest BCUT2D eigenvalue weighted by atomic mass is 35.5. The molecule has 0 N–H and O–H groups in total. The van der Waals surface area contributed by atoms with Crippen molar-refractivity contribution >= 4 is 11.6 Å². The minimum Gasteiger partial charge on any atom is -0.226 e. The Hall–Kier alpha value is -1.14. The highest BCUT2D eigenvalue weighted by Gasteiger charge is 2.53. The molecule has 3 nitrogen and oxygen atoms in total. The van der Waals surface area contributed by atoms with Gasteiger partial charge in [0.25, 0.3) is 0 Å². The summed E-state index contributed by atoms with van der Waals surface area (Å²) in [7, 11) is 0. The quantitative estimate of drug-likeness (QED) is 0.787. The predicted molar refractivity (Wildman–Crippen MR) is 71.6 cm³/mol. The molecule has 1 aromatic rings. The van der Waals surface area contributed by atoms with Crippen LogP contribution in [0.3, 0.4) is 0 Å². The summed E-state index contributed by atoms with van der Waals surface area (Å²) in [6.07, 6.45) is 9.43. The largest absolute Gasteiger partial charge is 0.232 e. The molecule has 4 heteroatoms. The van der Waals surface area contributed by atoms with Gasteiger partial charge in [0.1, 0.15) is 6.07 Å². The SMILES string of the molecule is N#Cc1ncc(Cl)c(C23CC4CC(CC(C4)C2)C3)n1. The molecule has 98 valence electrons. The Morgan fingerprint density at radius 3 is 2.26 bits per heavy atom. The predicted octanol–water partition coefficient (Wildman–Crippen LogP) is 3.47. The van der Waals surface area contributed by atoms with Crippen molar-refractivity contribution in [1.29, 1.82) is 5.26 Å². The summed E-state index contributed by atoms with van der Waals surface area (Å²) in [4.78, 5) is 8.46. The van der Waals surface area contributed by atoms with E-state index in [1.165, 1.54) is 38.5 Å². The molecule has 0 radical (unpaired) electrons. The van der Waals surface area contributed by atoms with Crippen LogP contribution in [0.15, 0.2) is 6.20 Å². The third-order valence-corrected chi connectivity index (χ3v) is 5.66. The second-order valence-corrected chi connectivity index (χ2v) is 7.11. The van der Waals surface area contributed by atoms with E-state index in [9.17, 15) is 0 Å². The Balaban J connectivity index is 1.81. The van der Waals surface area contributed by atoms with E-state index in [1.54, 1.807) is 6.20 Å². The summed E-state index contributed by atoms with van der Waals surface area (Å²) in [6.45, 7) is 0. The number of halogens is 1. The van der Waals surface area contributed by atoms with Crippen molar-refractivity contribution in [3.05, 3.63) is 22.7 Å². The van der Waals surface area contributed by atoms with Crippen molar-refractivity contribution in [3.63, 3.8) is 0 Å². The number of nitrogens with zero attached hydrogens (tertiary/aromatic N) is 3. The molecule has 0 aromatic carbocycles. The first kappa shape index (κ1) is 11.7. The van der Waals surface area contributed by atoms with Crippen molar-refractivity contribution < 1.29 is 0 Å². The molecule has 4 aliphatic rings. The fourth-order valence-corrected chi connectivity index (χ4v) is 5.49. The lowest BCUT2D eigenvalue weighted by molar-refractivity contribution is -0.00723. The van der Waals surface area contributed by atoms with Crippen molar-refractivity contribution in [3.8, 4) is 6.07 Å². The van der Waals surface area contributed by atoms with Crippen LogP contribution < -0.4 is 0 Å². The highest BCUT2D eigenvalue weighted by molar-refractivity contribution is 6.31. The molecule has 4 saturated carbocycles. The van der Waals surface area contributed by atoms with E-state index >= 15 is 0 Å². The molecule has 0 spiro atoms. The van der Waals surface area contributed by atoms with Gasteiger partial charge in [-0.1, -0.05) is 11.6 Å². The maximum absolute atomic E-state index is 9.02. The molecule has 0 aliphatic heterocycles. The van der Waals surface area contributed by atoms with Crippen molar-refractivity contribution in [1.82, 2.24) is 9.97 Å². The molecule has 5 rings (SSSR count). The van der Waals surface area contributed by atoms with Gasteiger partial charge in [0, 0.05) is 5.41 Å². The standard InChI is InChI=1S/C15H16ClN3/c16-12-8-18-13(7-17)19-14(12)15-4-9-1-10(5-15)3-11(2-9)6-15/h8-11H,1-6H2. The molecular weight excluding hydrogens is 258 g/mol. The van der Waals surface area contributed by atoms with Gasteiger partial charge in [-0.15, -0.1) is 0 Å². The summed E-state index contributed by atoms with van der Waals surface area (Å²) in [5, 5.41) is 9.67. The molecule has 0 amide bonds. The van der Waals surface area contributed by atoms with Gasteiger partial charge in [0.15, 0.2) is 0 Å². The molecule has 4 fully saturated rings. The average Bonchev–Trinajstić information content (AvgIpc) is 2.37. The second kappa shape index (κ2) is 3.93. The van der Waals surface area contributed by atoms with Gasteiger partial charge in [-0.25, -0.2) is 9.97 Å². The van der Waals surface area contributed by atoms with E-state index in [0.29, 0.717) is 5.02 Å². The third-order valence-electron chi connectivity index (χ3n) is 5.38. The molecule has 4 aliphatic carbocycles. The Bertz CT molecular complexity index is 540. The number of hydrogen-bond donors (Lipinski definition) is 0. The Kier molecular flexibility index (Phi) is 2.41. The molecule has 0 unspecified atom stereocenters. The van der Waals surface area contributed by atoms with Gasteiger partial charge in [-0.05, 0) is 56.3 Å². The minimum atomic E-state index is 0.139. The highest BCUT2D eigenvalue weighted by Crippen LogP contribution is 2.61. The summed E-state index contributed by atoms with van der Waals surface area (Å²) in [6, 6.07) is 2.05. The van der Waals surface area contributed by atoms with Gasteiger partial charge in [-0.3, -0.25) is 0 Å². The van der Waals surface area contributed by atoms with Crippen LogP contribution in [0.5, 0.6) is 0 Å². The summed E-state index contributed by atoms with van der Waals surface area (Å²) in [5.41, 5.74) is 1.10. The van der Waals surface area contributed by atoms with Crippen molar-refractivity contribution in [2.75, 3.05) is 0 Å². The van der Waals surface area contributed by atoms with E-state index in [2.05, 4.69) is 9.97 Å². The molecule has 4 bridgehead atoms. The fraction of sp³-hybridized carbons (Fsp3) is 0.667. The Labute approximate surface area is 118 Å². The third kappa shape index (κ3) is 1.70. The van der Waals surface area contributed by atoms with Crippen LogP contribution in [-0.4, -0.2) is 9.97 Å². The molecule has 1 aromatic heterocycles. The summed E-state index contributed by atoms with van der Waals surface area (Å²) in [5.74, 6) is 2.81. The summed E-state index contributed by atoms with van der Waals surface area (Å²) >= 11 is 6.35. The van der Waals surface area contributed by atoms with Gasteiger partial charge in [-0.2, -0.15) is 5.26 Å². The van der Waals surface area contributed by atoms with E-state index in [4.69, 9.17) is 16.9 Å². The zero-order chi connectivity index (χ0) is 13.0. The lowest BCUT2D eigenvalue weighted by Crippen LogP contribution is -2.49. The first-order valence-corrected chi connectivity index (χ1v) is 7.49. The smallest absolute Gasteiger partial charge is 0.226 e. The number of rotatable bonds is 1. The average molecular weight is 274 g/mol. The van der Waals surface area contributed by atoms with Crippen LogP contribution in [-0.2, 0) is 5.41 Å². The minimum absolute atomic E-state index is 0.139. The zero-order valence-corrected chi connectivity index (χ0v) is 11.5. The molecule has 1 heterocycles. The van der Waals surface area contributed by atoms with E-state index in [-0.39, 0.29) is 11.2 Å². The van der Waals surface area contributed by atoms with Crippen molar-refractivity contribution in [2.24, 2.45) is 17.8 Å². The lowest BCUT2D eigenvalue weighted by Gasteiger charge is -2.56. The second-order valence-electron chi connectivity index (χ2n) is 6.70. The van der Waals surface area contributed by atoms with Gasteiger partial charge in [0.2, 0.25) is 5.82 Å². The van der Waals surface area contributed by atoms with Crippen LogP contribution in [0.1, 0.15) is 50.0 Å². The van der Waals surface area contributed by atoms with Crippen LogP contribution in [0.4, 0.5) is 0 Å². The van der Waals surface area contributed by atoms with E-state index in [0.717, 1.165) is 23.4 Å².